The highest BCUT2D eigenvalue weighted by molar-refractivity contribution is 7.99. The highest BCUT2D eigenvalue weighted by Crippen LogP contribution is 2.36. The predicted molar refractivity (Wildman–Crippen MR) is 113 cm³/mol. The lowest BCUT2D eigenvalue weighted by Crippen LogP contribution is -2.19. The van der Waals surface area contributed by atoms with Gasteiger partial charge in [0.15, 0.2) is 0 Å². The van der Waals surface area contributed by atoms with Gasteiger partial charge in [-0.05, 0) is 36.4 Å². The molecule has 5 nitrogen and oxygen atoms in total. The van der Waals surface area contributed by atoms with E-state index in [1.165, 1.54) is 0 Å². The summed E-state index contributed by atoms with van der Waals surface area (Å²) in [6.45, 7) is 0. The zero-order valence-corrected chi connectivity index (χ0v) is 16.4. The van der Waals surface area contributed by atoms with Crippen LogP contribution in [0.1, 0.15) is 10.4 Å². The van der Waals surface area contributed by atoms with Crippen LogP contribution < -0.4 is 11.0 Å². The standard InChI is InChI=1S/C22H19N3O2S/c1-24-18-13-17(23-21(26)15-9-5-3-6-10-15)20(14-19(18)25(2)22(24)27)28-16-11-7-4-8-12-16/h3-14H,1-2H3,(H,23,26). The Bertz CT molecular complexity index is 1210. The minimum absolute atomic E-state index is 0.0998. The minimum atomic E-state index is -0.184. The van der Waals surface area contributed by atoms with E-state index in [1.54, 1.807) is 47.1 Å². The van der Waals surface area contributed by atoms with Crippen molar-refractivity contribution in [3.63, 3.8) is 0 Å². The molecule has 1 N–H and O–H groups in total. The second-order valence-electron chi connectivity index (χ2n) is 6.47. The summed E-state index contributed by atoms with van der Waals surface area (Å²) >= 11 is 1.55. The van der Waals surface area contributed by atoms with Crippen molar-refractivity contribution in [3.05, 3.63) is 88.8 Å². The van der Waals surface area contributed by atoms with Crippen LogP contribution in [0.5, 0.6) is 0 Å². The number of amides is 1. The maximum Gasteiger partial charge on any atom is 0.328 e. The van der Waals surface area contributed by atoms with Crippen molar-refractivity contribution in [3.8, 4) is 0 Å². The van der Waals surface area contributed by atoms with Crippen molar-refractivity contribution in [2.45, 2.75) is 9.79 Å². The molecule has 0 aliphatic heterocycles. The van der Waals surface area contributed by atoms with Gasteiger partial charge < -0.3 is 5.32 Å². The van der Waals surface area contributed by atoms with Crippen molar-refractivity contribution in [1.29, 1.82) is 0 Å². The third-order valence-electron chi connectivity index (χ3n) is 4.63. The fraction of sp³-hybridized carbons (Fsp3) is 0.0909. The van der Waals surface area contributed by atoms with E-state index in [-0.39, 0.29) is 11.6 Å². The molecule has 1 amide bonds. The topological polar surface area (TPSA) is 56.0 Å². The first-order chi connectivity index (χ1) is 13.5. The van der Waals surface area contributed by atoms with Gasteiger partial charge in [0, 0.05) is 29.4 Å². The number of benzene rings is 3. The number of rotatable bonds is 4. The number of anilines is 1. The van der Waals surface area contributed by atoms with E-state index in [4.69, 9.17) is 0 Å². The van der Waals surface area contributed by atoms with Crippen molar-refractivity contribution in [1.82, 2.24) is 9.13 Å². The van der Waals surface area contributed by atoms with Gasteiger partial charge in [-0.2, -0.15) is 0 Å². The Morgan fingerprint density at radius 3 is 2.07 bits per heavy atom. The average molecular weight is 389 g/mol. The first-order valence-electron chi connectivity index (χ1n) is 8.83. The molecule has 0 aliphatic rings. The Hall–Kier alpha value is -3.25. The molecule has 0 radical (unpaired) electrons. The van der Waals surface area contributed by atoms with E-state index in [9.17, 15) is 9.59 Å². The number of hydrogen-bond acceptors (Lipinski definition) is 3. The van der Waals surface area contributed by atoms with E-state index in [1.807, 2.05) is 60.7 Å². The zero-order valence-electron chi connectivity index (χ0n) is 15.5. The Balaban J connectivity index is 1.82. The lowest BCUT2D eigenvalue weighted by atomic mass is 10.2. The molecular formula is C22H19N3O2S. The maximum atomic E-state index is 12.7. The first-order valence-corrected chi connectivity index (χ1v) is 9.65. The molecule has 0 unspecified atom stereocenters. The van der Waals surface area contributed by atoms with Gasteiger partial charge in [-0.3, -0.25) is 13.9 Å². The SMILES string of the molecule is Cn1c(=O)n(C)c2cc(Sc3ccccc3)c(NC(=O)c3ccccc3)cc21. The molecule has 0 saturated carbocycles. The van der Waals surface area contributed by atoms with Crippen molar-refractivity contribution in [2.75, 3.05) is 5.32 Å². The minimum Gasteiger partial charge on any atom is -0.321 e. The molecule has 0 atom stereocenters. The van der Waals surface area contributed by atoms with Crippen molar-refractivity contribution < 1.29 is 4.79 Å². The fourth-order valence-corrected chi connectivity index (χ4v) is 4.05. The summed E-state index contributed by atoms with van der Waals surface area (Å²) in [5.74, 6) is -0.184. The number of carbonyl (C=O) groups excluding carboxylic acids is 1. The number of nitrogens with zero attached hydrogens (tertiary/aromatic N) is 2. The Morgan fingerprint density at radius 1 is 0.857 bits per heavy atom. The summed E-state index contributed by atoms with van der Waals surface area (Å²) in [4.78, 5) is 27.0. The molecule has 4 rings (SSSR count). The van der Waals surface area contributed by atoms with Crippen molar-refractivity contribution in [2.24, 2.45) is 14.1 Å². The molecular weight excluding hydrogens is 370 g/mol. The highest BCUT2D eigenvalue weighted by Gasteiger charge is 2.16. The van der Waals surface area contributed by atoms with Gasteiger partial charge in [-0.1, -0.05) is 48.2 Å². The van der Waals surface area contributed by atoms with Gasteiger partial charge in [-0.15, -0.1) is 0 Å². The summed E-state index contributed by atoms with van der Waals surface area (Å²) in [7, 11) is 3.49. The third kappa shape index (κ3) is 3.34. The van der Waals surface area contributed by atoms with Gasteiger partial charge >= 0.3 is 5.69 Å². The van der Waals surface area contributed by atoms with Crippen LogP contribution in [0.15, 0.2) is 87.4 Å². The van der Waals surface area contributed by atoms with E-state index < -0.39 is 0 Å². The number of hydrogen-bond donors (Lipinski definition) is 1. The van der Waals surface area contributed by atoms with Crippen molar-refractivity contribution >= 4 is 34.4 Å². The normalized spacial score (nSPS) is 10.9. The number of aryl methyl sites for hydroxylation is 2. The van der Waals surface area contributed by atoms with Crippen LogP contribution >= 0.6 is 11.8 Å². The van der Waals surface area contributed by atoms with Gasteiger partial charge in [0.2, 0.25) is 0 Å². The van der Waals surface area contributed by atoms with E-state index >= 15 is 0 Å². The van der Waals surface area contributed by atoms with E-state index in [0.717, 1.165) is 20.8 Å². The van der Waals surface area contributed by atoms with E-state index in [0.29, 0.717) is 11.3 Å². The molecule has 3 aromatic carbocycles. The fourth-order valence-electron chi connectivity index (χ4n) is 3.11. The Labute approximate surface area is 166 Å². The summed E-state index contributed by atoms with van der Waals surface area (Å²) in [6.07, 6.45) is 0. The number of fused-ring (bicyclic) bond motifs is 1. The molecule has 4 aromatic rings. The van der Waals surface area contributed by atoms with Crippen LogP contribution in [-0.2, 0) is 14.1 Å². The quantitative estimate of drug-likeness (QED) is 0.567. The number of carbonyl (C=O) groups is 1. The zero-order chi connectivity index (χ0) is 19.7. The van der Waals surface area contributed by atoms with Gasteiger partial charge in [0.1, 0.15) is 0 Å². The third-order valence-corrected chi connectivity index (χ3v) is 5.69. The van der Waals surface area contributed by atoms with Gasteiger partial charge in [-0.25, -0.2) is 4.79 Å². The number of aromatic nitrogens is 2. The molecule has 0 fully saturated rings. The molecule has 6 heteroatoms. The molecule has 28 heavy (non-hydrogen) atoms. The Morgan fingerprint density at radius 2 is 1.43 bits per heavy atom. The molecule has 1 aromatic heterocycles. The van der Waals surface area contributed by atoms with Crippen LogP contribution in [0.3, 0.4) is 0 Å². The summed E-state index contributed by atoms with van der Waals surface area (Å²) in [5.41, 5.74) is 2.76. The van der Waals surface area contributed by atoms with Crippen LogP contribution in [0, 0.1) is 0 Å². The van der Waals surface area contributed by atoms with E-state index in [2.05, 4.69) is 5.32 Å². The Kier molecular flexibility index (Phi) is 4.79. The number of imidazole rings is 1. The summed E-state index contributed by atoms with van der Waals surface area (Å²) < 4.78 is 3.21. The number of nitrogens with one attached hydrogen (secondary N) is 1. The van der Waals surface area contributed by atoms with Crippen LogP contribution in [0.4, 0.5) is 5.69 Å². The molecule has 0 saturated heterocycles. The highest BCUT2D eigenvalue weighted by atomic mass is 32.2. The van der Waals surface area contributed by atoms with Crippen LogP contribution in [0.25, 0.3) is 11.0 Å². The predicted octanol–water partition coefficient (Wildman–Crippen LogP) is 4.28. The second-order valence-corrected chi connectivity index (χ2v) is 7.59. The molecule has 140 valence electrons. The van der Waals surface area contributed by atoms with Gasteiger partial charge in [0.25, 0.3) is 5.91 Å². The molecule has 0 spiro atoms. The largest absolute Gasteiger partial charge is 0.328 e. The lowest BCUT2D eigenvalue weighted by Gasteiger charge is -2.12. The lowest BCUT2D eigenvalue weighted by molar-refractivity contribution is 0.102. The molecule has 1 heterocycles. The first kappa shape index (κ1) is 18.1. The smallest absolute Gasteiger partial charge is 0.321 e. The second kappa shape index (κ2) is 7.40. The van der Waals surface area contributed by atoms with Crippen LogP contribution in [0.2, 0.25) is 0 Å². The summed E-state index contributed by atoms with van der Waals surface area (Å²) in [6, 6.07) is 22.8. The maximum absolute atomic E-state index is 12.7. The monoisotopic (exact) mass is 389 g/mol. The van der Waals surface area contributed by atoms with Crippen LogP contribution in [-0.4, -0.2) is 15.0 Å². The average Bonchev–Trinajstić information content (AvgIpc) is 2.93. The van der Waals surface area contributed by atoms with Gasteiger partial charge in [0.05, 0.1) is 16.7 Å². The summed E-state index contributed by atoms with van der Waals surface area (Å²) in [5, 5.41) is 3.01. The molecule has 0 aliphatic carbocycles. The molecule has 0 bridgehead atoms.